The quantitative estimate of drug-likeness (QED) is 0.195. The predicted molar refractivity (Wildman–Crippen MR) is 134 cm³/mol. The molecule has 0 aliphatic rings. The van der Waals surface area contributed by atoms with Crippen LogP contribution in [0.5, 0.6) is 0 Å². The summed E-state index contributed by atoms with van der Waals surface area (Å²) in [4.78, 5) is 61.2. The van der Waals surface area contributed by atoms with E-state index in [9.17, 15) is 24.0 Å². The van der Waals surface area contributed by atoms with Crippen LogP contribution in [0.25, 0.3) is 0 Å². The van der Waals surface area contributed by atoms with Crippen LogP contribution in [-0.2, 0) is 19.2 Å². The van der Waals surface area contributed by atoms with Gasteiger partial charge in [-0.1, -0.05) is 34.6 Å². The number of rotatable bonds is 14. The highest BCUT2D eigenvalue weighted by Gasteiger charge is 2.34. The molecular weight excluding hydrogens is 454 g/mol. The van der Waals surface area contributed by atoms with Crippen molar-refractivity contribution >= 4 is 29.6 Å². The molecule has 11 nitrogen and oxygen atoms in total. The van der Waals surface area contributed by atoms with E-state index >= 15 is 0 Å². The van der Waals surface area contributed by atoms with E-state index in [0.717, 1.165) is 0 Å². The van der Waals surface area contributed by atoms with Crippen LogP contribution in [0.2, 0.25) is 0 Å². The van der Waals surface area contributed by atoms with Crippen molar-refractivity contribution in [3.05, 3.63) is 0 Å². The number of Topliss-reactive ketones (excluding diaryl/α,β-unsaturated/α-hetero) is 1. The standard InChI is InChI=1S/C24H45N5O6/c1-14(2)18(28-20(33)16(11-12-17(30)31)29-24(6,7)8)21(34)27-15(19(32)23(3,4)5)10-9-13-26-22(25)35/h14-16,18,29H,9-13H2,1-8H3,(H,27,34)(H,28,33)(H,30,31)(H3,25,26,35). The normalized spacial score (nSPS) is 14.5. The van der Waals surface area contributed by atoms with Gasteiger partial charge in [-0.05, 0) is 46.0 Å². The van der Waals surface area contributed by atoms with Gasteiger partial charge >= 0.3 is 12.0 Å². The number of amides is 4. The molecule has 0 aromatic carbocycles. The summed E-state index contributed by atoms with van der Waals surface area (Å²) in [6.07, 6.45) is 0.555. The lowest BCUT2D eigenvalue weighted by Gasteiger charge is -2.31. The van der Waals surface area contributed by atoms with Gasteiger partial charge in [0.2, 0.25) is 11.8 Å². The van der Waals surface area contributed by atoms with Gasteiger partial charge in [-0.15, -0.1) is 0 Å². The van der Waals surface area contributed by atoms with E-state index in [1.165, 1.54) is 0 Å². The molecule has 3 atom stereocenters. The summed E-state index contributed by atoms with van der Waals surface area (Å²) < 4.78 is 0. The van der Waals surface area contributed by atoms with Crippen molar-refractivity contribution < 1.29 is 29.1 Å². The van der Waals surface area contributed by atoms with Gasteiger partial charge in [0.1, 0.15) is 6.04 Å². The Hall–Kier alpha value is -2.69. The second-order valence-electron chi connectivity index (χ2n) is 11.2. The average Bonchev–Trinajstić information content (AvgIpc) is 2.68. The number of carboxylic acid groups (broad SMARTS) is 1. The molecule has 0 aliphatic heterocycles. The molecule has 7 N–H and O–H groups in total. The molecule has 0 rings (SSSR count). The molecule has 0 aliphatic carbocycles. The van der Waals surface area contributed by atoms with E-state index in [-0.39, 0.29) is 37.5 Å². The largest absolute Gasteiger partial charge is 0.481 e. The topological polar surface area (TPSA) is 180 Å². The number of aliphatic carboxylic acids is 1. The van der Waals surface area contributed by atoms with Crippen molar-refractivity contribution in [2.45, 2.75) is 105 Å². The Bertz CT molecular complexity index is 754. The van der Waals surface area contributed by atoms with Crippen molar-refractivity contribution in [2.24, 2.45) is 17.1 Å². The summed E-state index contributed by atoms with van der Waals surface area (Å²) >= 11 is 0. The Labute approximate surface area is 208 Å². The van der Waals surface area contributed by atoms with Crippen molar-refractivity contribution in [3.8, 4) is 0 Å². The van der Waals surface area contributed by atoms with Gasteiger partial charge in [-0.3, -0.25) is 19.2 Å². The Balaban J connectivity index is 5.57. The lowest BCUT2D eigenvalue weighted by atomic mass is 9.84. The first-order valence-electron chi connectivity index (χ1n) is 12.0. The Morgan fingerprint density at radius 2 is 1.43 bits per heavy atom. The first-order valence-corrected chi connectivity index (χ1v) is 12.0. The smallest absolute Gasteiger partial charge is 0.312 e. The zero-order valence-corrected chi connectivity index (χ0v) is 22.4. The fraction of sp³-hybridized carbons (Fsp3) is 0.792. The lowest BCUT2D eigenvalue weighted by Crippen LogP contribution is -2.59. The summed E-state index contributed by atoms with van der Waals surface area (Å²) in [6, 6.07) is -3.23. The van der Waals surface area contributed by atoms with Crippen molar-refractivity contribution in [3.63, 3.8) is 0 Å². The molecule has 0 fully saturated rings. The minimum Gasteiger partial charge on any atom is -0.481 e. The highest BCUT2D eigenvalue weighted by Crippen LogP contribution is 2.19. The minimum absolute atomic E-state index is 0.0584. The van der Waals surface area contributed by atoms with E-state index < -0.39 is 52.9 Å². The van der Waals surface area contributed by atoms with Gasteiger partial charge in [-0.2, -0.15) is 0 Å². The van der Waals surface area contributed by atoms with Gasteiger partial charge in [0.05, 0.1) is 12.1 Å². The van der Waals surface area contributed by atoms with E-state index in [1.807, 2.05) is 20.8 Å². The predicted octanol–water partition coefficient (Wildman–Crippen LogP) is 1.30. The van der Waals surface area contributed by atoms with E-state index in [2.05, 4.69) is 21.3 Å². The monoisotopic (exact) mass is 499 g/mol. The van der Waals surface area contributed by atoms with Crippen LogP contribution in [0.1, 0.15) is 81.1 Å². The molecular formula is C24H45N5O6. The second-order valence-corrected chi connectivity index (χ2v) is 11.2. The van der Waals surface area contributed by atoms with Crippen LogP contribution in [0.15, 0.2) is 0 Å². The zero-order chi connectivity index (χ0) is 27.6. The maximum atomic E-state index is 13.2. The third-order valence-electron chi connectivity index (χ3n) is 5.16. The van der Waals surface area contributed by atoms with Crippen LogP contribution < -0.4 is 27.0 Å². The minimum atomic E-state index is -1.02. The fourth-order valence-corrected chi connectivity index (χ4v) is 3.42. The Kier molecular flexibility index (Phi) is 12.9. The number of carbonyl (C=O) groups is 5. The number of nitrogens with one attached hydrogen (secondary N) is 4. The van der Waals surface area contributed by atoms with Crippen LogP contribution in [-0.4, -0.2) is 64.9 Å². The summed E-state index contributed by atoms with van der Waals surface area (Å²) in [5.41, 5.74) is 3.90. The van der Waals surface area contributed by atoms with Crippen molar-refractivity contribution in [2.75, 3.05) is 6.54 Å². The zero-order valence-electron chi connectivity index (χ0n) is 22.4. The summed E-state index contributed by atoms with van der Waals surface area (Å²) in [5.74, 6) is -2.49. The van der Waals surface area contributed by atoms with Crippen LogP contribution >= 0.6 is 0 Å². The molecule has 0 spiro atoms. The average molecular weight is 500 g/mol. The molecule has 0 bridgehead atoms. The first-order chi connectivity index (χ1) is 15.8. The van der Waals surface area contributed by atoms with E-state index in [4.69, 9.17) is 10.8 Å². The number of urea groups is 1. The number of carbonyl (C=O) groups excluding carboxylic acids is 4. The van der Waals surface area contributed by atoms with E-state index in [1.54, 1.807) is 34.6 Å². The highest BCUT2D eigenvalue weighted by atomic mass is 16.4. The van der Waals surface area contributed by atoms with Crippen LogP contribution in [0, 0.1) is 11.3 Å². The summed E-state index contributed by atoms with van der Waals surface area (Å²) in [5, 5.41) is 20.1. The fourth-order valence-electron chi connectivity index (χ4n) is 3.42. The third kappa shape index (κ3) is 13.7. The van der Waals surface area contributed by atoms with Gasteiger partial charge in [0.25, 0.3) is 0 Å². The van der Waals surface area contributed by atoms with Gasteiger partial charge < -0.3 is 32.1 Å². The Morgan fingerprint density at radius 3 is 1.86 bits per heavy atom. The molecule has 35 heavy (non-hydrogen) atoms. The maximum absolute atomic E-state index is 13.2. The molecule has 3 unspecified atom stereocenters. The summed E-state index contributed by atoms with van der Waals surface area (Å²) in [7, 11) is 0. The van der Waals surface area contributed by atoms with Crippen molar-refractivity contribution in [1.82, 2.24) is 21.3 Å². The van der Waals surface area contributed by atoms with Crippen LogP contribution in [0.3, 0.4) is 0 Å². The molecule has 0 heterocycles. The van der Waals surface area contributed by atoms with Gasteiger partial charge in [-0.25, -0.2) is 4.79 Å². The molecule has 202 valence electrons. The number of hydrogen-bond acceptors (Lipinski definition) is 6. The van der Waals surface area contributed by atoms with Crippen LogP contribution in [0.4, 0.5) is 4.79 Å². The maximum Gasteiger partial charge on any atom is 0.312 e. The third-order valence-corrected chi connectivity index (χ3v) is 5.16. The lowest BCUT2D eigenvalue weighted by molar-refractivity contribution is -0.138. The first kappa shape index (κ1) is 32.3. The molecule has 0 radical (unpaired) electrons. The molecule has 0 aromatic heterocycles. The number of carboxylic acids is 1. The van der Waals surface area contributed by atoms with Gasteiger partial charge in [0.15, 0.2) is 5.78 Å². The molecule has 0 saturated heterocycles. The summed E-state index contributed by atoms with van der Waals surface area (Å²) in [6.45, 7) is 14.6. The SMILES string of the molecule is CC(C)C(NC(=O)C(CCC(=O)O)NC(C)(C)C)C(=O)NC(CCCNC(N)=O)C(=O)C(C)(C)C. The number of ketones is 1. The molecule has 4 amide bonds. The highest BCUT2D eigenvalue weighted by molar-refractivity contribution is 5.95. The number of hydrogen-bond donors (Lipinski definition) is 6. The molecule has 0 aromatic rings. The van der Waals surface area contributed by atoms with Gasteiger partial charge in [0, 0.05) is 23.9 Å². The Morgan fingerprint density at radius 1 is 0.857 bits per heavy atom. The number of primary amides is 1. The number of nitrogens with two attached hydrogens (primary N) is 1. The molecule has 11 heteroatoms. The van der Waals surface area contributed by atoms with Crippen molar-refractivity contribution in [1.29, 1.82) is 0 Å². The van der Waals surface area contributed by atoms with E-state index in [0.29, 0.717) is 6.42 Å². The second kappa shape index (κ2) is 14.0. The molecule has 0 saturated carbocycles.